The van der Waals surface area contributed by atoms with E-state index in [9.17, 15) is 4.79 Å². The third kappa shape index (κ3) is 3.93. The summed E-state index contributed by atoms with van der Waals surface area (Å²) in [6, 6.07) is 0. The third-order valence-corrected chi connectivity index (χ3v) is 3.78. The molecule has 1 aromatic rings. The van der Waals surface area contributed by atoms with Crippen molar-refractivity contribution in [3.63, 3.8) is 0 Å². The lowest BCUT2D eigenvalue weighted by molar-refractivity contribution is -0.118. The molecule has 2 N–H and O–H groups in total. The van der Waals surface area contributed by atoms with Gasteiger partial charge < -0.3 is 10.3 Å². The minimum Gasteiger partial charge on any atom is -0.368 e. The van der Waals surface area contributed by atoms with Crippen LogP contribution in [0.2, 0.25) is 0 Å². The normalized spacial score (nSPS) is 17.1. The molecule has 1 amide bonds. The zero-order valence-electron chi connectivity index (χ0n) is 12.4. The van der Waals surface area contributed by atoms with Crippen LogP contribution < -0.4 is 5.73 Å². The number of piperidine rings is 1. The number of carbonyl (C=O) groups is 1. The van der Waals surface area contributed by atoms with Crippen molar-refractivity contribution in [3.05, 3.63) is 29.9 Å². The number of rotatable bonds is 5. The van der Waals surface area contributed by atoms with Gasteiger partial charge in [-0.3, -0.25) is 9.69 Å². The van der Waals surface area contributed by atoms with E-state index in [1.54, 1.807) is 6.20 Å². The Morgan fingerprint density at radius 2 is 2.15 bits per heavy atom. The molecule has 2 heterocycles. The topological polar surface area (TPSA) is 64.2 Å². The Balaban J connectivity index is 1.92. The maximum absolute atomic E-state index is 11.1. The molecule has 0 aliphatic carbocycles. The van der Waals surface area contributed by atoms with Gasteiger partial charge in [0.1, 0.15) is 12.4 Å². The van der Waals surface area contributed by atoms with Gasteiger partial charge in [0.05, 0.1) is 0 Å². The van der Waals surface area contributed by atoms with E-state index in [-0.39, 0.29) is 12.5 Å². The van der Waals surface area contributed by atoms with Crippen LogP contribution in [-0.2, 0) is 11.3 Å². The molecule has 0 aromatic carbocycles. The van der Waals surface area contributed by atoms with Crippen LogP contribution in [-0.4, -0.2) is 40.0 Å². The molecule has 110 valence electrons. The van der Waals surface area contributed by atoms with Crippen molar-refractivity contribution in [2.75, 3.05) is 19.6 Å². The molecule has 5 nitrogen and oxygen atoms in total. The monoisotopic (exact) mass is 276 g/mol. The largest absolute Gasteiger partial charge is 0.368 e. The van der Waals surface area contributed by atoms with Crippen LogP contribution in [0.5, 0.6) is 0 Å². The lowest BCUT2D eigenvalue weighted by Crippen LogP contribution is -2.34. The van der Waals surface area contributed by atoms with Crippen molar-refractivity contribution >= 4 is 5.91 Å². The summed E-state index contributed by atoms with van der Waals surface area (Å²) in [5.74, 6) is 1.13. The first-order valence-corrected chi connectivity index (χ1v) is 7.21. The predicted octanol–water partition coefficient (Wildman–Crippen LogP) is 1.51. The van der Waals surface area contributed by atoms with Gasteiger partial charge in [-0.05, 0) is 39.8 Å². The van der Waals surface area contributed by atoms with E-state index >= 15 is 0 Å². The first-order chi connectivity index (χ1) is 9.56. The van der Waals surface area contributed by atoms with Crippen LogP contribution in [0, 0.1) is 0 Å². The van der Waals surface area contributed by atoms with Gasteiger partial charge in [0.15, 0.2) is 0 Å². The van der Waals surface area contributed by atoms with Gasteiger partial charge in [-0.1, -0.05) is 11.6 Å². The zero-order valence-corrected chi connectivity index (χ0v) is 12.4. The average molecular weight is 276 g/mol. The lowest BCUT2D eigenvalue weighted by atomic mass is 9.96. The molecule has 1 aliphatic rings. The number of aromatic nitrogens is 2. The van der Waals surface area contributed by atoms with Gasteiger partial charge in [0.2, 0.25) is 5.91 Å². The fourth-order valence-electron chi connectivity index (χ4n) is 2.67. The Morgan fingerprint density at radius 3 is 2.75 bits per heavy atom. The number of likely N-dealkylation sites (tertiary alicyclic amines) is 1. The van der Waals surface area contributed by atoms with E-state index in [2.05, 4.69) is 29.8 Å². The summed E-state index contributed by atoms with van der Waals surface area (Å²) in [7, 11) is 0. The molecule has 5 heteroatoms. The molecule has 20 heavy (non-hydrogen) atoms. The molecule has 1 saturated heterocycles. The Morgan fingerprint density at radius 1 is 1.45 bits per heavy atom. The fraction of sp³-hybridized carbons (Fsp3) is 0.600. The molecule has 0 bridgehead atoms. The average Bonchev–Trinajstić information content (AvgIpc) is 2.84. The number of allylic oxidation sites excluding steroid dienone is 1. The van der Waals surface area contributed by atoms with Gasteiger partial charge >= 0.3 is 0 Å². The highest BCUT2D eigenvalue weighted by molar-refractivity contribution is 5.73. The van der Waals surface area contributed by atoms with E-state index in [0.717, 1.165) is 38.3 Å². The van der Waals surface area contributed by atoms with Gasteiger partial charge in [-0.2, -0.15) is 0 Å². The summed E-state index contributed by atoms with van der Waals surface area (Å²) in [5.41, 5.74) is 6.63. The molecule has 1 aliphatic heterocycles. The van der Waals surface area contributed by atoms with Crippen LogP contribution in [0.3, 0.4) is 0 Å². The fourth-order valence-corrected chi connectivity index (χ4v) is 2.67. The maximum Gasteiger partial charge on any atom is 0.237 e. The molecule has 1 aromatic heterocycles. The van der Waals surface area contributed by atoms with Crippen LogP contribution >= 0.6 is 0 Å². The number of nitrogens with zero attached hydrogens (tertiary/aromatic N) is 3. The van der Waals surface area contributed by atoms with Gasteiger partial charge in [-0.25, -0.2) is 4.98 Å². The summed E-state index contributed by atoms with van der Waals surface area (Å²) < 4.78 is 1.89. The number of carbonyl (C=O) groups excluding carboxylic acids is 1. The van der Waals surface area contributed by atoms with E-state index in [4.69, 9.17) is 5.73 Å². The Labute approximate surface area is 120 Å². The molecule has 1 fully saturated rings. The summed E-state index contributed by atoms with van der Waals surface area (Å²) in [4.78, 5) is 17.9. The standard InChI is InChI=1S/C15H24N4O/c1-12(2)3-7-18-8-4-13(5-9-18)15-17-6-10-19(15)11-14(16)20/h3,6,10,13H,4-5,7-9,11H2,1-2H3,(H2,16,20). The van der Waals surface area contributed by atoms with Crippen molar-refractivity contribution in [2.24, 2.45) is 5.73 Å². The van der Waals surface area contributed by atoms with E-state index in [0.29, 0.717) is 5.92 Å². The Bertz CT molecular complexity index is 480. The third-order valence-electron chi connectivity index (χ3n) is 3.78. The molecule has 0 spiro atoms. The predicted molar refractivity (Wildman–Crippen MR) is 79.3 cm³/mol. The van der Waals surface area contributed by atoms with Crippen molar-refractivity contribution in [1.29, 1.82) is 0 Å². The lowest BCUT2D eigenvalue weighted by Gasteiger charge is -2.31. The van der Waals surface area contributed by atoms with Crippen molar-refractivity contribution in [2.45, 2.75) is 39.2 Å². The Hall–Kier alpha value is -1.62. The van der Waals surface area contributed by atoms with E-state index in [1.807, 2.05) is 10.8 Å². The van der Waals surface area contributed by atoms with Crippen LogP contribution in [0.15, 0.2) is 24.0 Å². The minimum absolute atomic E-state index is 0.229. The van der Waals surface area contributed by atoms with E-state index in [1.165, 1.54) is 5.57 Å². The molecular formula is C15H24N4O. The van der Waals surface area contributed by atoms with Gasteiger partial charge in [-0.15, -0.1) is 0 Å². The molecule has 2 rings (SSSR count). The second-order valence-electron chi connectivity index (χ2n) is 5.74. The van der Waals surface area contributed by atoms with Crippen LogP contribution in [0.4, 0.5) is 0 Å². The number of hydrogen-bond donors (Lipinski definition) is 1. The highest BCUT2D eigenvalue weighted by Crippen LogP contribution is 2.26. The van der Waals surface area contributed by atoms with Crippen molar-refractivity contribution in [1.82, 2.24) is 14.5 Å². The first-order valence-electron chi connectivity index (χ1n) is 7.21. The summed E-state index contributed by atoms with van der Waals surface area (Å²) in [5, 5.41) is 0. The summed E-state index contributed by atoms with van der Waals surface area (Å²) in [6.07, 6.45) is 8.05. The molecule has 0 radical (unpaired) electrons. The second-order valence-corrected chi connectivity index (χ2v) is 5.74. The van der Waals surface area contributed by atoms with Crippen molar-refractivity contribution < 1.29 is 4.79 Å². The van der Waals surface area contributed by atoms with Gasteiger partial charge in [0, 0.05) is 24.9 Å². The smallest absolute Gasteiger partial charge is 0.237 e. The number of amides is 1. The zero-order chi connectivity index (χ0) is 14.5. The first kappa shape index (κ1) is 14.8. The molecular weight excluding hydrogens is 252 g/mol. The highest BCUT2D eigenvalue weighted by Gasteiger charge is 2.23. The minimum atomic E-state index is -0.315. The maximum atomic E-state index is 11.1. The van der Waals surface area contributed by atoms with E-state index < -0.39 is 0 Å². The van der Waals surface area contributed by atoms with Crippen LogP contribution in [0.25, 0.3) is 0 Å². The highest BCUT2D eigenvalue weighted by atomic mass is 16.1. The second kappa shape index (κ2) is 6.70. The number of hydrogen-bond acceptors (Lipinski definition) is 3. The Kier molecular flexibility index (Phi) is 4.95. The number of nitrogens with two attached hydrogens (primary N) is 1. The summed E-state index contributed by atoms with van der Waals surface area (Å²) >= 11 is 0. The molecule has 0 unspecified atom stereocenters. The summed E-state index contributed by atoms with van der Waals surface area (Å²) in [6.45, 7) is 7.69. The van der Waals surface area contributed by atoms with Crippen molar-refractivity contribution in [3.8, 4) is 0 Å². The molecule has 0 saturated carbocycles. The molecule has 0 atom stereocenters. The SMILES string of the molecule is CC(C)=CCN1CCC(c2nccn2CC(N)=O)CC1. The van der Waals surface area contributed by atoms with Gasteiger partial charge in [0.25, 0.3) is 0 Å². The number of primary amides is 1. The quantitative estimate of drug-likeness (QED) is 0.829. The number of imidazole rings is 1. The van der Waals surface area contributed by atoms with Crippen LogP contribution in [0.1, 0.15) is 38.4 Å².